The molecule has 0 bridgehead atoms. The number of ether oxygens (including phenoxy) is 6. The molecule has 0 aliphatic heterocycles. The second-order valence-corrected chi connectivity index (χ2v) is 5.26. The second-order valence-electron chi connectivity index (χ2n) is 5.26. The maximum absolute atomic E-state index is 11.4. The Balaban J connectivity index is 3.08. The highest BCUT2D eigenvalue weighted by atomic mass is 16.6. The molecule has 150 valence electrons. The monoisotopic (exact) mass is 366 g/mol. The Morgan fingerprint density at radius 1 is 0.720 bits per heavy atom. The van der Waals surface area contributed by atoms with E-state index in [1.54, 1.807) is 0 Å². The summed E-state index contributed by atoms with van der Waals surface area (Å²) < 4.78 is 31.4. The smallest absolute Gasteiger partial charge is 0.308 e. The van der Waals surface area contributed by atoms with E-state index < -0.39 is 0 Å². The number of carbonyl (C=O) groups excluding carboxylic acids is 1. The lowest BCUT2D eigenvalue weighted by Gasteiger charge is -2.10. The molecule has 0 spiro atoms. The van der Waals surface area contributed by atoms with Crippen LogP contribution in [-0.4, -0.2) is 90.4 Å². The molecular formula is C17H34O8. The zero-order chi connectivity index (χ0) is 18.6. The molecule has 0 aromatic carbocycles. The van der Waals surface area contributed by atoms with Crippen LogP contribution in [0.4, 0.5) is 0 Å². The molecule has 1 unspecified atom stereocenters. The van der Waals surface area contributed by atoms with Gasteiger partial charge < -0.3 is 33.5 Å². The molecular weight excluding hydrogens is 332 g/mol. The van der Waals surface area contributed by atoms with Gasteiger partial charge in [0.2, 0.25) is 0 Å². The maximum Gasteiger partial charge on any atom is 0.308 e. The highest BCUT2D eigenvalue weighted by molar-refractivity contribution is 5.71. The molecule has 0 aliphatic rings. The zero-order valence-corrected chi connectivity index (χ0v) is 15.6. The van der Waals surface area contributed by atoms with Crippen molar-refractivity contribution in [2.24, 2.45) is 5.92 Å². The molecule has 0 rings (SSSR count). The summed E-state index contributed by atoms with van der Waals surface area (Å²) in [5.74, 6) is -0.241. The number of hydrogen-bond acceptors (Lipinski definition) is 8. The molecule has 0 aromatic heterocycles. The molecule has 0 aliphatic carbocycles. The molecule has 0 aromatic rings. The van der Waals surface area contributed by atoms with E-state index in [1.807, 2.05) is 13.8 Å². The maximum atomic E-state index is 11.4. The van der Waals surface area contributed by atoms with E-state index in [0.29, 0.717) is 66.1 Å². The molecule has 8 heteroatoms. The fraction of sp³-hybridized carbons (Fsp3) is 0.941. The summed E-state index contributed by atoms with van der Waals surface area (Å²) in [6, 6.07) is 0. The Hall–Kier alpha value is -0.770. The minimum Gasteiger partial charge on any atom is -0.463 e. The first-order chi connectivity index (χ1) is 12.2. The molecule has 0 amide bonds. The third-order valence-electron chi connectivity index (χ3n) is 3.21. The third kappa shape index (κ3) is 17.8. The number of hydrogen-bond donors (Lipinski definition) is 1. The molecule has 0 heterocycles. The SMILES string of the molecule is CCC(C)C(=O)OCCOCCOCCOCCOCCOCCO. The van der Waals surface area contributed by atoms with Gasteiger partial charge in [-0.3, -0.25) is 4.79 Å². The zero-order valence-electron chi connectivity index (χ0n) is 15.6. The lowest BCUT2D eigenvalue weighted by molar-refractivity contribution is -0.149. The van der Waals surface area contributed by atoms with Gasteiger partial charge in [-0.1, -0.05) is 13.8 Å². The van der Waals surface area contributed by atoms with Gasteiger partial charge in [0.05, 0.1) is 78.6 Å². The topological polar surface area (TPSA) is 92.7 Å². The minimum absolute atomic E-state index is 0.0276. The predicted molar refractivity (Wildman–Crippen MR) is 91.6 cm³/mol. The van der Waals surface area contributed by atoms with E-state index >= 15 is 0 Å². The van der Waals surface area contributed by atoms with E-state index in [2.05, 4.69) is 0 Å². The van der Waals surface area contributed by atoms with Crippen LogP contribution in [0.2, 0.25) is 0 Å². The normalized spacial score (nSPS) is 12.3. The van der Waals surface area contributed by atoms with Crippen molar-refractivity contribution in [1.29, 1.82) is 0 Å². The van der Waals surface area contributed by atoms with Gasteiger partial charge in [0, 0.05) is 0 Å². The highest BCUT2D eigenvalue weighted by Gasteiger charge is 2.10. The Morgan fingerprint density at radius 3 is 1.44 bits per heavy atom. The minimum atomic E-state index is -0.179. The number of rotatable bonds is 19. The van der Waals surface area contributed by atoms with Gasteiger partial charge in [-0.15, -0.1) is 0 Å². The second kappa shape index (κ2) is 19.6. The lowest BCUT2D eigenvalue weighted by atomic mass is 10.1. The molecule has 1 atom stereocenters. The molecule has 8 nitrogen and oxygen atoms in total. The molecule has 1 N–H and O–H groups in total. The van der Waals surface area contributed by atoms with E-state index in [9.17, 15) is 4.79 Å². The van der Waals surface area contributed by atoms with Gasteiger partial charge in [-0.05, 0) is 6.42 Å². The van der Waals surface area contributed by atoms with Crippen LogP contribution < -0.4 is 0 Å². The van der Waals surface area contributed by atoms with E-state index in [4.69, 9.17) is 33.5 Å². The average Bonchev–Trinajstić information content (AvgIpc) is 2.63. The Kier molecular flexibility index (Phi) is 19.0. The standard InChI is InChI=1S/C17H34O8/c1-3-16(2)17(19)25-15-14-24-13-12-23-11-10-22-9-8-21-7-6-20-5-4-18/h16,18H,3-15H2,1-2H3. The van der Waals surface area contributed by atoms with E-state index in [-0.39, 0.29) is 25.1 Å². The summed E-state index contributed by atoms with van der Waals surface area (Å²) in [5.41, 5.74) is 0. The van der Waals surface area contributed by atoms with Crippen molar-refractivity contribution >= 4 is 5.97 Å². The van der Waals surface area contributed by atoms with Crippen LogP contribution in [0.25, 0.3) is 0 Å². The summed E-state index contributed by atoms with van der Waals surface area (Å²) in [4.78, 5) is 11.4. The summed E-state index contributed by atoms with van der Waals surface area (Å²) in [5, 5.41) is 8.50. The fourth-order valence-corrected chi connectivity index (χ4v) is 1.56. The van der Waals surface area contributed by atoms with Crippen molar-refractivity contribution in [2.75, 3.05) is 79.3 Å². The molecule has 0 saturated heterocycles. The molecule has 0 radical (unpaired) electrons. The summed E-state index contributed by atoms with van der Waals surface area (Å²) in [6.45, 7) is 8.70. The van der Waals surface area contributed by atoms with Crippen molar-refractivity contribution < 1.29 is 38.3 Å². The Morgan fingerprint density at radius 2 is 1.08 bits per heavy atom. The fourth-order valence-electron chi connectivity index (χ4n) is 1.56. The van der Waals surface area contributed by atoms with Gasteiger partial charge in [-0.2, -0.15) is 0 Å². The molecule has 0 saturated carbocycles. The van der Waals surface area contributed by atoms with Crippen molar-refractivity contribution in [2.45, 2.75) is 20.3 Å². The van der Waals surface area contributed by atoms with Crippen LogP contribution in [0.3, 0.4) is 0 Å². The Labute approximate surface area is 150 Å². The summed E-state index contributed by atoms with van der Waals surface area (Å²) in [6.07, 6.45) is 0.779. The van der Waals surface area contributed by atoms with Gasteiger partial charge in [-0.25, -0.2) is 0 Å². The highest BCUT2D eigenvalue weighted by Crippen LogP contribution is 2.02. The lowest BCUT2D eigenvalue weighted by Crippen LogP contribution is -2.18. The van der Waals surface area contributed by atoms with Crippen LogP contribution in [0.15, 0.2) is 0 Å². The average molecular weight is 366 g/mol. The van der Waals surface area contributed by atoms with Gasteiger partial charge >= 0.3 is 5.97 Å². The molecule has 25 heavy (non-hydrogen) atoms. The predicted octanol–water partition coefficient (Wildman–Crippen LogP) is 0.651. The van der Waals surface area contributed by atoms with Crippen molar-refractivity contribution in [3.63, 3.8) is 0 Å². The molecule has 0 fully saturated rings. The first-order valence-electron chi connectivity index (χ1n) is 8.88. The number of aliphatic hydroxyl groups is 1. The van der Waals surface area contributed by atoms with E-state index in [1.165, 1.54) is 0 Å². The summed E-state index contributed by atoms with van der Waals surface area (Å²) >= 11 is 0. The third-order valence-corrected chi connectivity index (χ3v) is 3.21. The summed E-state index contributed by atoms with van der Waals surface area (Å²) in [7, 11) is 0. The van der Waals surface area contributed by atoms with Crippen LogP contribution in [0, 0.1) is 5.92 Å². The van der Waals surface area contributed by atoms with Gasteiger partial charge in [0.25, 0.3) is 0 Å². The van der Waals surface area contributed by atoms with Crippen molar-refractivity contribution in [1.82, 2.24) is 0 Å². The number of carbonyl (C=O) groups is 1. The van der Waals surface area contributed by atoms with Crippen LogP contribution >= 0.6 is 0 Å². The van der Waals surface area contributed by atoms with Crippen LogP contribution in [0.1, 0.15) is 20.3 Å². The van der Waals surface area contributed by atoms with Crippen molar-refractivity contribution in [3.8, 4) is 0 Å². The van der Waals surface area contributed by atoms with Crippen LogP contribution in [-0.2, 0) is 33.2 Å². The van der Waals surface area contributed by atoms with Crippen LogP contribution in [0.5, 0.6) is 0 Å². The first kappa shape index (κ1) is 24.2. The number of esters is 1. The van der Waals surface area contributed by atoms with Gasteiger partial charge in [0.15, 0.2) is 0 Å². The van der Waals surface area contributed by atoms with E-state index in [0.717, 1.165) is 6.42 Å². The Bertz CT molecular complexity index is 288. The quantitative estimate of drug-likeness (QED) is 0.263. The largest absolute Gasteiger partial charge is 0.463 e. The van der Waals surface area contributed by atoms with Gasteiger partial charge in [0.1, 0.15) is 6.61 Å². The number of aliphatic hydroxyl groups excluding tert-OH is 1. The van der Waals surface area contributed by atoms with Crippen molar-refractivity contribution in [3.05, 3.63) is 0 Å². The first-order valence-corrected chi connectivity index (χ1v) is 8.88.